The van der Waals surface area contributed by atoms with Gasteiger partial charge in [0.05, 0.1) is 10.7 Å². The second kappa shape index (κ2) is 10.4. The summed E-state index contributed by atoms with van der Waals surface area (Å²) < 4.78 is 0. The molecule has 1 heterocycles. The molecule has 4 nitrogen and oxygen atoms in total. The summed E-state index contributed by atoms with van der Waals surface area (Å²) in [5.74, 6) is 0.615. The normalized spacial score (nSPS) is 14.4. The quantitative estimate of drug-likeness (QED) is 0.771. The number of rotatable bonds is 6. The summed E-state index contributed by atoms with van der Waals surface area (Å²) >= 11 is 1.59. The van der Waals surface area contributed by atoms with Gasteiger partial charge < -0.3 is 10.6 Å². The number of halogens is 2. The van der Waals surface area contributed by atoms with Crippen molar-refractivity contribution in [2.75, 3.05) is 19.6 Å². The molecule has 0 aliphatic heterocycles. The molecule has 0 radical (unpaired) electrons. The Hall–Kier alpha value is -0.360. The van der Waals surface area contributed by atoms with Gasteiger partial charge in [0.2, 0.25) is 0 Å². The van der Waals surface area contributed by atoms with Crippen LogP contribution in [0.15, 0.2) is 0 Å². The van der Waals surface area contributed by atoms with Crippen LogP contribution in [-0.2, 0) is 0 Å². The summed E-state index contributed by atoms with van der Waals surface area (Å²) in [5.41, 5.74) is 0.882. The summed E-state index contributed by atoms with van der Waals surface area (Å²) in [7, 11) is 0. The molecule has 0 saturated heterocycles. The minimum atomic E-state index is 0. The maximum Gasteiger partial charge on any atom is 0.263 e. The van der Waals surface area contributed by atoms with E-state index in [1.165, 1.54) is 25.7 Å². The van der Waals surface area contributed by atoms with Gasteiger partial charge in [-0.2, -0.15) is 0 Å². The number of carbonyl (C=O) groups is 1. The Balaban J connectivity index is 0.00000200. The van der Waals surface area contributed by atoms with Gasteiger partial charge in [-0.05, 0) is 26.3 Å². The van der Waals surface area contributed by atoms with E-state index >= 15 is 0 Å². The van der Waals surface area contributed by atoms with E-state index < -0.39 is 0 Å². The molecule has 0 atom stereocenters. The van der Waals surface area contributed by atoms with Crippen LogP contribution < -0.4 is 10.6 Å². The van der Waals surface area contributed by atoms with E-state index in [1.54, 1.807) is 11.3 Å². The average Bonchev–Trinajstić information content (AvgIpc) is 3.03. The maximum absolute atomic E-state index is 12.1. The third kappa shape index (κ3) is 5.74. The fraction of sp³-hybridized carbons (Fsp3) is 0.714. The van der Waals surface area contributed by atoms with Crippen molar-refractivity contribution < 1.29 is 4.79 Å². The maximum atomic E-state index is 12.1. The van der Waals surface area contributed by atoms with Gasteiger partial charge in [0.25, 0.3) is 5.91 Å². The Morgan fingerprint density at radius 1 is 1.29 bits per heavy atom. The standard InChI is InChI=1S/C14H23N3OS.2ClH/c1-3-15-8-9-16-13(18)12-10(2)17-14(19-12)11-6-4-5-7-11;;/h11,15H,3-9H2,1-2H3,(H,16,18);2*1H. The molecule has 0 bridgehead atoms. The zero-order chi connectivity index (χ0) is 13.7. The summed E-state index contributed by atoms with van der Waals surface area (Å²) in [6.07, 6.45) is 5.06. The fourth-order valence-electron chi connectivity index (χ4n) is 2.50. The SMILES string of the molecule is CCNCCNC(=O)c1sc(C2CCCC2)nc1C.Cl.Cl. The Morgan fingerprint density at radius 2 is 1.95 bits per heavy atom. The van der Waals surface area contributed by atoms with Crippen molar-refractivity contribution >= 4 is 42.1 Å². The summed E-state index contributed by atoms with van der Waals surface area (Å²) in [5, 5.41) is 7.30. The third-order valence-electron chi connectivity index (χ3n) is 3.56. The van der Waals surface area contributed by atoms with Crippen LogP contribution in [0.1, 0.15) is 58.9 Å². The van der Waals surface area contributed by atoms with Crippen LogP contribution in [0.2, 0.25) is 0 Å². The number of aryl methyl sites for hydroxylation is 1. The molecule has 0 spiro atoms. The predicted molar refractivity (Wildman–Crippen MR) is 93.4 cm³/mol. The summed E-state index contributed by atoms with van der Waals surface area (Å²) in [4.78, 5) is 17.5. The topological polar surface area (TPSA) is 54.0 Å². The molecule has 7 heteroatoms. The molecule has 2 rings (SSSR count). The molecule has 21 heavy (non-hydrogen) atoms. The van der Waals surface area contributed by atoms with Crippen LogP contribution >= 0.6 is 36.2 Å². The van der Waals surface area contributed by atoms with E-state index in [4.69, 9.17) is 0 Å². The number of amides is 1. The largest absolute Gasteiger partial charge is 0.350 e. The molecule has 0 aromatic carbocycles. The third-order valence-corrected chi connectivity index (χ3v) is 4.88. The Bertz CT molecular complexity index is 434. The van der Waals surface area contributed by atoms with Gasteiger partial charge in [-0.15, -0.1) is 36.2 Å². The number of hydrogen-bond donors (Lipinski definition) is 2. The molecular weight excluding hydrogens is 329 g/mol. The second-order valence-electron chi connectivity index (χ2n) is 5.06. The molecule has 1 aliphatic rings. The minimum absolute atomic E-state index is 0. The van der Waals surface area contributed by atoms with Crippen molar-refractivity contribution in [2.45, 2.75) is 45.4 Å². The molecule has 1 aliphatic carbocycles. The van der Waals surface area contributed by atoms with Crippen molar-refractivity contribution in [3.63, 3.8) is 0 Å². The number of nitrogens with one attached hydrogen (secondary N) is 2. The molecule has 122 valence electrons. The van der Waals surface area contributed by atoms with Crippen molar-refractivity contribution in [1.29, 1.82) is 0 Å². The van der Waals surface area contributed by atoms with E-state index in [-0.39, 0.29) is 30.7 Å². The van der Waals surface area contributed by atoms with Gasteiger partial charge in [-0.25, -0.2) is 4.98 Å². The molecule has 1 aromatic rings. The number of likely N-dealkylation sites (N-methyl/N-ethyl adjacent to an activating group) is 1. The number of carbonyl (C=O) groups excluding carboxylic acids is 1. The van der Waals surface area contributed by atoms with E-state index in [9.17, 15) is 4.79 Å². The van der Waals surface area contributed by atoms with Crippen LogP contribution in [0.4, 0.5) is 0 Å². The molecule has 0 unspecified atom stereocenters. The van der Waals surface area contributed by atoms with Gasteiger partial charge in [0.1, 0.15) is 4.88 Å². The zero-order valence-electron chi connectivity index (χ0n) is 12.6. The van der Waals surface area contributed by atoms with Crippen LogP contribution in [0.25, 0.3) is 0 Å². The predicted octanol–water partition coefficient (Wildman–Crippen LogP) is 3.29. The van der Waals surface area contributed by atoms with Crippen LogP contribution in [0.5, 0.6) is 0 Å². The van der Waals surface area contributed by atoms with E-state index in [0.29, 0.717) is 12.5 Å². The highest BCUT2D eigenvalue weighted by Crippen LogP contribution is 2.36. The number of nitrogens with zero attached hydrogens (tertiary/aromatic N) is 1. The first-order chi connectivity index (χ1) is 9.22. The zero-order valence-corrected chi connectivity index (χ0v) is 15.1. The van der Waals surface area contributed by atoms with Gasteiger partial charge >= 0.3 is 0 Å². The first-order valence-corrected chi connectivity index (χ1v) is 8.00. The molecular formula is C14H25Cl2N3OS. The smallest absolute Gasteiger partial charge is 0.263 e. The lowest BCUT2D eigenvalue weighted by Gasteiger charge is -2.04. The van der Waals surface area contributed by atoms with Crippen molar-refractivity contribution in [1.82, 2.24) is 15.6 Å². The first kappa shape index (κ1) is 20.6. The van der Waals surface area contributed by atoms with Gasteiger partial charge in [0, 0.05) is 19.0 Å². The van der Waals surface area contributed by atoms with Gasteiger partial charge in [-0.1, -0.05) is 19.8 Å². The van der Waals surface area contributed by atoms with E-state index in [1.807, 2.05) is 6.92 Å². The van der Waals surface area contributed by atoms with Gasteiger partial charge in [0.15, 0.2) is 0 Å². The number of hydrogen-bond acceptors (Lipinski definition) is 4. The highest BCUT2D eigenvalue weighted by atomic mass is 35.5. The first-order valence-electron chi connectivity index (χ1n) is 7.18. The van der Waals surface area contributed by atoms with Crippen LogP contribution in [0.3, 0.4) is 0 Å². The van der Waals surface area contributed by atoms with E-state index in [0.717, 1.165) is 28.7 Å². The lowest BCUT2D eigenvalue weighted by molar-refractivity contribution is 0.0957. The molecule has 1 aromatic heterocycles. The Kier molecular flexibility index (Phi) is 10.2. The Morgan fingerprint density at radius 3 is 2.57 bits per heavy atom. The van der Waals surface area contributed by atoms with E-state index in [2.05, 4.69) is 22.5 Å². The second-order valence-corrected chi connectivity index (χ2v) is 6.09. The molecule has 1 saturated carbocycles. The summed E-state index contributed by atoms with van der Waals surface area (Å²) in [6, 6.07) is 0. The monoisotopic (exact) mass is 353 g/mol. The fourth-order valence-corrected chi connectivity index (χ4v) is 3.65. The highest BCUT2D eigenvalue weighted by Gasteiger charge is 2.23. The van der Waals surface area contributed by atoms with Crippen molar-refractivity contribution in [3.8, 4) is 0 Å². The lowest BCUT2D eigenvalue weighted by Crippen LogP contribution is -2.31. The molecule has 2 N–H and O–H groups in total. The summed E-state index contributed by atoms with van der Waals surface area (Å²) in [6.45, 7) is 6.41. The molecule has 1 fully saturated rings. The van der Waals surface area contributed by atoms with Crippen LogP contribution in [-0.4, -0.2) is 30.5 Å². The Labute approximate surface area is 143 Å². The number of thiazole rings is 1. The average molecular weight is 354 g/mol. The van der Waals surface area contributed by atoms with Crippen LogP contribution in [0, 0.1) is 6.92 Å². The number of aromatic nitrogens is 1. The lowest BCUT2D eigenvalue weighted by atomic mass is 10.1. The van der Waals surface area contributed by atoms with Crippen molar-refractivity contribution in [2.24, 2.45) is 0 Å². The highest BCUT2D eigenvalue weighted by molar-refractivity contribution is 7.13. The van der Waals surface area contributed by atoms with Crippen molar-refractivity contribution in [3.05, 3.63) is 15.6 Å². The van der Waals surface area contributed by atoms with Gasteiger partial charge in [-0.3, -0.25) is 4.79 Å². The minimum Gasteiger partial charge on any atom is -0.350 e. The molecule has 1 amide bonds.